The number of halogens is 1. The second-order valence-corrected chi connectivity index (χ2v) is 4.57. The van der Waals surface area contributed by atoms with Crippen LogP contribution in [0, 0.1) is 5.82 Å². The van der Waals surface area contributed by atoms with Crippen molar-refractivity contribution in [2.45, 2.75) is 32.4 Å². The maximum absolute atomic E-state index is 13.7. The molecule has 0 bridgehead atoms. The largest absolute Gasteiger partial charge is 0.399 e. The monoisotopic (exact) mass is 265 g/mol. The van der Waals surface area contributed by atoms with Gasteiger partial charge in [-0.2, -0.15) is 0 Å². The lowest BCUT2D eigenvalue weighted by Gasteiger charge is -2.13. The molecule has 0 aromatic heterocycles. The molecular weight excluding hydrogens is 249 g/mol. The summed E-state index contributed by atoms with van der Waals surface area (Å²) in [5.74, 6) is -0.817. The summed E-state index contributed by atoms with van der Waals surface area (Å²) >= 11 is 0. The molecule has 1 fully saturated rings. The first kappa shape index (κ1) is 13.3. The number of amides is 3. The fourth-order valence-electron chi connectivity index (χ4n) is 2.07. The zero-order chi connectivity index (χ0) is 14.0. The number of rotatable bonds is 4. The van der Waals surface area contributed by atoms with Crippen LogP contribution in [0.25, 0.3) is 0 Å². The van der Waals surface area contributed by atoms with Gasteiger partial charge in [0, 0.05) is 11.3 Å². The van der Waals surface area contributed by atoms with Gasteiger partial charge in [-0.25, -0.2) is 9.18 Å². The normalized spacial score (nSPS) is 18.8. The van der Waals surface area contributed by atoms with Crippen LogP contribution in [-0.2, 0) is 11.3 Å². The van der Waals surface area contributed by atoms with Gasteiger partial charge in [0.1, 0.15) is 11.9 Å². The van der Waals surface area contributed by atoms with E-state index in [1.165, 1.54) is 12.1 Å². The van der Waals surface area contributed by atoms with Gasteiger partial charge < -0.3 is 11.1 Å². The molecule has 19 heavy (non-hydrogen) atoms. The third-order valence-corrected chi connectivity index (χ3v) is 3.09. The SMILES string of the molecule is CCCC1NC(=O)N(Cc2ccc(N)cc2F)C1=O. The van der Waals surface area contributed by atoms with Crippen LogP contribution in [0.1, 0.15) is 25.3 Å². The fraction of sp³-hybridized carbons (Fsp3) is 0.385. The maximum Gasteiger partial charge on any atom is 0.325 e. The summed E-state index contributed by atoms with van der Waals surface area (Å²) in [6, 6.07) is 3.24. The van der Waals surface area contributed by atoms with Gasteiger partial charge in [0.05, 0.1) is 6.54 Å². The number of benzene rings is 1. The highest BCUT2D eigenvalue weighted by Crippen LogP contribution is 2.18. The van der Waals surface area contributed by atoms with E-state index in [9.17, 15) is 14.0 Å². The van der Waals surface area contributed by atoms with Crippen LogP contribution >= 0.6 is 0 Å². The number of carbonyl (C=O) groups excluding carboxylic acids is 2. The molecule has 3 amide bonds. The summed E-state index contributed by atoms with van der Waals surface area (Å²) in [5.41, 5.74) is 6.03. The Balaban J connectivity index is 2.14. The summed E-state index contributed by atoms with van der Waals surface area (Å²) in [7, 11) is 0. The van der Waals surface area contributed by atoms with Crippen LogP contribution in [0.5, 0.6) is 0 Å². The van der Waals surface area contributed by atoms with Crippen molar-refractivity contribution < 1.29 is 14.0 Å². The van der Waals surface area contributed by atoms with E-state index in [1.54, 1.807) is 6.07 Å². The van der Waals surface area contributed by atoms with Crippen molar-refractivity contribution in [3.8, 4) is 0 Å². The Morgan fingerprint density at radius 3 is 2.79 bits per heavy atom. The molecule has 5 nitrogen and oxygen atoms in total. The molecule has 0 aliphatic carbocycles. The fourth-order valence-corrected chi connectivity index (χ4v) is 2.07. The number of anilines is 1. The number of nitrogens with two attached hydrogens (primary N) is 1. The Kier molecular flexibility index (Phi) is 3.69. The van der Waals surface area contributed by atoms with E-state index in [0.29, 0.717) is 12.1 Å². The van der Waals surface area contributed by atoms with Crippen LogP contribution in [-0.4, -0.2) is 22.9 Å². The van der Waals surface area contributed by atoms with Crippen LogP contribution in [0.2, 0.25) is 0 Å². The minimum absolute atomic E-state index is 0.0724. The van der Waals surface area contributed by atoms with Crippen molar-refractivity contribution in [2.24, 2.45) is 0 Å². The van der Waals surface area contributed by atoms with Gasteiger partial charge in [-0.05, 0) is 18.6 Å². The van der Waals surface area contributed by atoms with Gasteiger partial charge >= 0.3 is 6.03 Å². The smallest absolute Gasteiger partial charge is 0.325 e. The topological polar surface area (TPSA) is 75.4 Å². The Morgan fingerprint density at radius 2 is 2.16 bits per heavy atom. The van der Waals surface area contributed by atoms with Gasteiger partial charge in [-0.3, -0.25) is 9.69 Å². The first-order chi connectivity index (χ1) is 9.02. The van der Waals surface area contributed by atoms with E-state index in [2.05, 4.69) is 5.32 Å². The molecule has 3 N–H and O–H groups in total. The van der Waals surface area contributed by atoms with E-state index in [4.69, 9.17) is 5.73 Å². The summed E-state index contributed by atoms with van der Waals surface area (Å²) in [4.78, 5) is 24.7. The lowest BCUT2D eigenvalue weighted by molar-refractivity contribution is -0.128. The van der Waals surface area contributed by atoms with Crippen molar-refractivity contribution in [2.75, 3.05) is 5.73 Å². The zero-order valence-corrected chi connectivity index (χ0v) is 10.6. The number of nitrogens with zero attached hydrogens (tertiary/aromatic N) is 1. The highest BCUT2D eigenvalue weighted by atomic mass is 19.1. The Hall–Kier alpha value is -2.11. The Labute approximate surface area is 110 Å². The second-order valence-electron chi connectivity index (χ2n) is 4.57. The van der Waals surface area contributed by atoms with E-state index < -0.39 is 17.9 Å². The standard InChI is InChI=1S/C13H16FN3O2/c1-2-3-11-12(18)17(13(19)16-11)7-8-4-5-9(15)6-10(8)14/h4-6,11H,2-3,7,15H2,1H3,(H,16,19). The van der Waals surface area contributed by atoms with Crippen LogP contribution in [0.3, 0.4) is 0 Å². The summed E-state index contributed by atoms with van der Waals surface area (Å²) < 4.78 is 13.7. The van der Waals surface area contributed by atoms with Crippen molar-refractivity contribution >= 4 is 17.6 Å². The molecule has 1 heterocycles. The quantitative estimate of drug-likeness (QED) is 0.641. The Morgan fingerprint density at radius 1 is 1.42 bits per heavy atom. The van der Waals surface area contributed by atoms with E-state index in [-0.39, 0.29) is 18.0 Å². The van der Waals surface area contributed by atoms with Crippen molar-refractivity contribution in [1.82, 2.24) is 10.2 Å². The summed E-state index contributed by atoms with van der Waals surface area (Å²) in [5, 5.41) is 2.60. The van der Waals surface area contributed by atoms with E-state index in [0.717, 1.165) is 11.3 Å². The second kappa shape index (κ2) is 5.26. The number of carbonyl (C=O) groups is 2. The Bertz CT molecular complexity index is 519. The van der Waals surface area contributed by atoms with Crippen LogP contribution in [0.4, 0.5) is 14.9 Å². The first-order valence-corrected chi connectivity index (χ1v) is 6.18. The minimum atomic E-state index is -0.514. The van der Waals surface area contributed by atoms with E-state index >= 15 is 0 Å². The van der Waals surface area contributed by atoms with Gasteiger partial charge in [-0.1, -0.05) is 19.4 Å². The molecule has 1 aromatic rings. The number of nitrogen functional groups attached to an aromatic ring is 1. The third-order valence-electron chi connectivity index (χ3n) is 3.09. The van der Waals surface area contributed by atoms with Gasteiger partial charge in [0.25, 0.3) is 5.91 Å². The number of nitrogens with one attached hydrogen (secondary N) is 1. The summed E-state index contributed by atoms with van der Waals surface area (Å²) in [6.45, 7) is 1.86. The molecule has 0 spiro atoms. The molecular formula is C13H16FN3O2. The lowest BCUT2D eigenvalue weighted by atomic mass is 10.1. The zero-order valence-electron chi connectivity index (χ0n) is 10.6. The number of hydrogen-bond acceptors (Lipinski definition) is 3. The molecule has 102 valence electrons. The van der Waals surface area contributed by atoms with Crippen molar-refractivity contribution in [3.63, 3.8) is 0 Å². The number of imide groups is 1. The van der Waals surface area contributed by atoms with Crippen LogP contribution < -0.4 is 11.1 Å². The molecule has 1 aliphatic rings. The number of urea groups is 1. The molecule has 1 aliphatic heterocycles. The predicted octanol–water partition coefficient (Wildman–Crippen LogP) is 1.63. The lowest BCUT2D eigenvalue weighted by Crippen LogP contribution is -2.31. The average molecular weight is 265 g/mol. The van der Waals surface area contributed by atoms with Crippen molar-refractivity contribution in [1.29, 1.82) is 0 Å². The van der Waals surface area contributed by atoms with Gasteiger partial charge in [0.2, 0.25) is 0 Å². The number of hydrogen-bond donors (Lipinski definition) is 2. The first-order valence-electron chi connectivity index (χ1n) is 6.18. The highest BCUT2D eigenvalue weighted by Gasteiger charge is 2.37. The molecule has 1 atom stereocenters. The van der Waals surface area contributed by atoms with Gasteiger partial charge in [-0.15, -0.1) is 0 Å². The third kappa shape index (κ3) is 2.67. The molecule has 0 saturated carbocycles. The highest BCUT2D eigenvalue weighted by molar-refractivity contribution is 6.04. The van der Waals surface area contributed by atoms with E-state index in [1.807, 2.05) is 6.92 Å². The molecule has 0 radical (unpaired) electrons. The molecule has 6 heteroatoms. The van der Waals surface area contributed by atoms with Crippen LogP contribution in [0.15, 0.2) is 18.2 Å². The molecule has 2 rings (SSSR count). The van der Waals surface area contributed by atoms with Crippen molar-refractivity contribution in [3.05, 3.63) is 29.6 Å². The average Bonchev–Trinajstić information content (AvgIpc) is 2.60. The predicted molar refractivity (Wildman–Crippen MR) is 68.6 cm³/mol. The minimum Gasteiger partial charge on any atom is -0.399 e. The maximum atomic E-state index is 13.7. The summed E-state index contributed by atoms with van der Waals surface area (Å²) in [6.07, 6.45) is 1.38. The molecule has 1 unspecified atom stereocenters. The molecule has 1 saturated heterocycles. The molecule has 1 aromatic carbocycles. The van der Waals surface area contributed by atoms with Gasteiger partial charge in [0.15, 0.2) is 0 Å².